The number of urea groups is 1. The maximum absolute atomic E-state index is 12.3. The molecule has 1 fully saturated rings. The minimum Gasteiger partial charge on any atom is -0.334 e. The molecule has 0 aromatic heterocycles. The molecule has 2 aliphatic carbocycles. The Labute approximate surface area is 137 Å². The number of carbonyl (C=O) groups excluding carboxylic acids is 1. The fourth-order valence-corrected chi connectivity index (χ4v) is 5.25. The lowest BCUT2D eigenvalue weighted by atomic mass is 9.95. The van der Waals surface area contributed by atoms with E-state index in [-0.39, 0.29) is 18.1 Å². The predicted octanol–water partition coefficient (Wildman–Crippen LogP) is 2.33. The van der Waals surface area contributed by atoms with Gasteiger partial charge in [-0.25, -0.2) is 13.2 Å². The second-order valence-corrected chi connectivity index (χ2v) is 8.93. The van der Waals surface area contributed by atoms with Gasteiger partial charge in [0.2, 0.25) is 0 Å². The van der Waals surface area contributed by atoms with Crippen LogP contribution in [0.3, 0.4) is 0 Å². The van der Waals surface area contributed by atoms with Gasteiger partial charge in [0, 0.05) is 12.3 Å². The summed E-state index contributed by atoms with van der Waals surface area (Å²) in [5.41, 5.74) is 2.45. The van der Waals surface area contributed by atoms with Gasteiger partial charge in [0.05, 0.1) is 11.3 Å². The first kappa shape index (κ1) is 16.3. The number of amides is 2. The largest absolute Gasteiger partial charge is 0.334 e. The van der Waals surface area contributed by atoms with Crippen molar-refractivity contribution in [1.82, 2.24) is 10.6 Å². The molecule has 0 heterocycles. The summed E-state index contributed by atoms with van der Waals surface area (Å²) in [6, 6.07) is 7.62. The van der Waals surface area contributed by atoms with Crippen LogP contribution >= 0.6 is 0 Å². The number of rotatable bonds is 3. The Morgan fingerprint density at radius 3 is 2.61 bits per heavy atom. The summed E-state index contributed by atoms with van der Waals surface area (Å²) in [6.45, 7) is 0. The number of sulfone groups is 1. The Morgan fingerprint density at radius 2 is 1.83 bits per heavy atom. The minimum atomic E-state index is -3.14. The monoisotopic (exact) mass is 336 g/mol. The number of hydrogen-bond donors (Lipinski definition) is 2. The summed E-state index contributed by atoms with van der Waals surface area (Å²) in [4.78, 5) is 12.3. The smallest absolute Gasteiger partial charge is 0.315 e. The van der Waals surface area contributed by atoms with Gasteiger partial charge in [0.15, 0.2) is 9.84 Å². The number of nitrogens with one attached hydrogen (secondary N) is 2. The zero-order valence-corrected chi connectivity index (χ0v) is 14.2. The Kier molecular flexibility index (Phi) is 4.62. The molecule has 126 valence electrons. The van der Waals surface area contributed by atoms with Crippen molar-refractivity contribution in [3.8, 4) is 0 Å². The van der Waals surface area contributed by atoms with Gasteiger partial charge in [0.1, 0.15) is 0 Å². The van der Waals surface area contributed by atoms with Crippen molar-refractivity contribution in [2.45, 2.75) is 55.9 Å². The molecule has 0 spiro atoms. The summed E-state index contributed by atoms with van der Waals surface area (Å²) >= 11 is 0. The fourth-order valence-electron chi connectivity index (χ4n) is 3.85. The van der Waals surface area contributed by atoms with Crippen LogP contribution in [0.25, 0.3) is 0 Å². The normalized spacial score (nSPS) is 27.3. The SMILES string of the molecule is CS(=O)(=O)[C@@H]1CCCC[C@H]1NC(=O)N[C@H]1CCc2ccccc21. The molecule has 1 saturated carbocycles. The van der Waals surface area contributed by atoms with E-state index in [4.69, 9.17) is 0 Å². The van der Waals surface area contributed by atoms with Crippen molar-refractivity contribution in [2.24, 2.45) is 0 Å². The van der Waals surface area contributed by atoms with Crippen molar-refractivity contribution in [3.05, 3.63) is 35.4 Å². The first-order valence-electron chi connectivity index (χ1n) is 8.29. The summed E-state index contributed by atoms with van der Waals surface area (Å²) in [5, 5.41) is 5.45. The van der Waals surface area contributed by atoms with E-state index in [1.54, 1.807) is 0 Å². The second-order valence-electron chi connectivity index (χ2n) is 6.67. The standard InChI is InChI=1S/C17H24N2O3S/c1-23(21,22)16-9-5-4-8-15(16)19-17(20)18-14-11-10-12-6-2-3-7-13(12)14/h2-3,6-7,14-16H,4-5,8-11H2,1H3,(H2,18,19,20)/t14-,15+,16+/m0/s1. The van der Waals surface area contributed by atoms with E-state index in [0.717, 1.165) is 32.1 Å². The molecule has 23 heavy (non-hydrogen) atoms. The summed E-state index contributed by atoms with van der Waals surface area (Å²) < 4.78 is 23.8. The maximum Gasteiger partial charge on any atom is 0.315 e. The van der Waals surface area contributed by atoms with Gasteiger partial charge in [-0.2, -0.15) is 0 Å². The lowest BCUT2D eigenvalue weighted by molar-refractivity contribution is 0.229. The van der Waals surface area contributed by atoms with Crippen molar-refractivity contribution >= 4 is 15.9 Å². The molecule has 0 bridgehead atoms. The van der Waals surface area contributed by atoms with E-state index < -0.39 is 15.1 Å². The molecule has 2 aliphatic rings. The lowest BCUT2D eigenvalue weighted by Crippen LogP contribution is -2.51. The van der Waals surface area contributed by atoms with Gasteiger partial charge in [0.25, 0.3) is 0 Å². The molecule has 3 atom stereocenters. The van der Waals surface area contributed by atoms with Crippen LogP contribution in [0.15, 0.2) is 24.3 Å². The number of hydrogen-bond acceptors (Lipinski definition) is 3. The lowest BCUT2D eigenvalue weighted by Gasteiger charge is -2.31. The minimum absolute atomic E-state index is 0.0199. The third kappa shape index (κ3) is 3.68. The Balaban J connectivity index is 1.63. The molecule has 0 radical (unpaired) electrons. The van der Waals surface area contributed by atoms with E-state index in [1.165, 1.54) is 17.4 Å². The van der Waals surface area contributed by atoms with Gasteiger partial charge in [-0.3, -0.25) is 0 Å². The maximum atomic E-state index is 12.3. The van der Waals surface area contributed by atoms with Crippen LogP contribution in [-0.4, -0.2) is 32.0 Å². The first-order valence-corrected chi connectivity index (χ1v) is 10.2. The predicted molar refractivity (Wildman–Crippen MR) is 90.1 cm³/mol. The van der Waals surface area contributed by atoms with Gasteiger partial charge in [-0.15, -0.1) is 0 Å². The molecule has 0 unspecified atom stereocenters. The molecule has 2 amide bonds. The quantitative estimate of drug-likeness (QED) is 0.889. The van der Waals surface area contributed by atoms with Gasteiger partial charge in [-0.1, -0.05) is 37.1 Å². The summed E-state index contributed by atoms with van der Waals surface area (Å²) in [7, 11) is -3.14. The molecular weight excluding hydrogens is 312 g/mol. The highest BCUT2D eigenvalue weighted by Crippen LogP contribution is 2.30. The summed E-state index contributed by atoms with van der Waals surface area (Å²) in [5.74, 6) is 0. The van der Waals surface area contributed by atoms with Crippen LogP contribution < -0.4 is 10.6 Å². The molecule has 5 nitrogen and oxygen atoms in total. The van der Waals surface area contributed by atoms with E-state index in [2.05, 4.69) is 16.7 Å². The molecule has 1 aromatic rings. The highest BCUT2D eigenvalue weighted by Gasteiger charge is 2.34. The number of aryl methyl sites for hydroxylation is 1. The van der Waals surface area contributed by atoms with E-state index in [1.807, 2.05) is 18.2 Å². The van der Waals surface area contributed by atoms with Crippen molar-refractivity contribution < 1.29 is 13.2 Å². The molecule has 1 aromatic carbocycles. The summed E-state index contributed by atoms with van der Waals surface area (Å²) in [6.07, 6.45) is 6.37. The topological polar surface area (TPSA) is 75.3 Å². The van der Waals surface area contributed by atoms with Crippen LogP contribution in [-0.2, 0) is 16.3 Å². The molecule has 2 N–H and O–H groups in total. The highest BCUT2D eigenvalue weighted by atomic mass is 32.2. The molecule has 0 saturated heterocycles. The van der Waals surface area contributed by atoms with E-state index in [9.17, 15) is 13.2 Å². The van der Waals surface area contributed by atoms with Crippen LogP contribution in [0.1, 0.15) is 49.3 Å². The highest BCUT2D eigenvalue weighted by molar-refractivity contribution is 7.91. The Morgan fingerprint density at radius 1 is 1.09 bits per heavy atom. The number of fused-ring (bicyclic) bond motifs is 1. The van der Waals surface area contributed by atoms with Crippen LogP contribution in [0.2, 0.25) is 0 Å². The zero-order valence-electron chi connectivity index (χ0n) is 13.4. The molecular formula is C17H24N2O3S. The van der Waals surface area contributed by atoms with Gasteiger partial charge < -0.3 is 10.6 Å². The Bertz CT molecular complexity index is 687. The van der Waals surface area contributed by atoms with Crippen LogP contribution in [0.5, 0.6) is 0 Å². The Hall–Kier alpha value is -1.56. The third-order valence-electron chi connectivity index (χ3n) is 5.01. The van der Waals surface area contributed by atoms with Crippen molar-refractivity contribution in [1.29, 1.82) is 0 Å². The van der Waals surface area contributed by atoms with Crippen molar-refractivity contribution in [2.75, 3.05) is 6.26 Å². The third-order valence-corrected chi connectivity index (χ3v) is 6.67. The molecule has 6 heteroatoms. The van der Waals surface area contributed by atoms with Gasteiger partial charge >= 0.3 is 6.03 Å². The fraction of sp³-hybridized carbons (Fsp3) is 0.588. The average Bonchev–Trinajstić information content (AvgIpc) is 2.90. The molecule has 3 rings (SSSR count). The van der Waals surface area contributed by atoms with Crippen LogP contribution in [0.4, 0.5) is 4.79 Å². The number of benzene rings is 1. The molecule has 0 aliphatic heterocycles. The zero-order chi connectivity index (χ0) is 16.4. The average molecular weight is 336 g/mol. The van der Waals surface area contributed by atoms with E-state index in [0.29, 0.717) is 6.42 Å². The second kappa shape index (κ2) is 6.51. The van der Waals surface area contributed by atoms with Crippen molar-refractivity contribution in [3.63, 3.8) is 0 Å². The first-order chi connectivity index (χ1) is 10.9. The van der Waals surface area contributed by atoms with E-state index >= 15 is 0 Å². The van der Waals surface area contributed by atoms with Gasteiger partial charge in [-0.05, 0) is 36.8 Å². The number of carbonyl (C=O) groups is 1. The van der Waals surface area contributed by atoms with Crippen LogP contribution in [0, 0.1) is 0 Å².